The highest BCUT2D eigenvalue weighted by Crippen LogP contribution is 2.27. The molecule has 0 radical (unpaired) electrons. The molecule has 2 fully saturated rings. The van der Waals surface area contributed by atoms with Crippen LogP contribution >= 0.6 is 0 Å². The van der Waals surface area contributed by atoms with Crippen molar-refractivity contribution < 1.29 is 23.5 Å². The first-order valence-corrected chi connectivity index (χ1v) is 8.14. The van der Waals surface area contributed by atoms with Gasteiger partial charge in [-0.05, 0) is 24.3 Å². The number of urea groups is 1. The zero-order chi connectivity index (χ0) is 18.0. The largest absolute Gasteiger partial charge is 0.376 e. The number of benzene rings is 1. The molecule has 8 heteroatoms. The summed E-state index contributed by atoms with van der Waals surface area (Å²) in [4.78, 5) is 29.4. The molecule has 0 aromatic heterocycles. The van der Waals surface area contributed by atoms with Gasteiger partial charge in [0.15, 0.2) is 0 Å². The number of carbonyl (C=O) groups is 2. The quantitative estimate of drug-likeness (QED) is 0.756. The van der Waals surface area contributed by atoms with Crippen molar-refractivity contribution in [2.75, 3.05) is 58.5 Å². The van der Waals surface area contributed by atoms with Crippen molar-refractivity contribution in [1.29, 1.82) is 0 Å². The molecular formula is C17H22FN3O4. The van der Waals surface area contributed by atoms with Gasteiger partial charge < -0.3 is 24.2 Å². The van der Waals surface area contributed by atoms with Crippen LogP contribution in [-0.2, 0) is 14.3 Å². The zero-order valence-corrected chi connectivity index (χ0v) is 14.4. The Labute approximate surface area is 145 Å². The number of nitrogens with zero attached hydrogens (tertiary/aromatic N) is 3. The highest BCUT2D eigenvalue weighted by molar-refractivity contribution is 5.95. The van der Waals surface area contributed by atoms with Gasteiger partial charge in [0.05, 0.1) is 26.3 Å². The Bertz CT molecular complexity index is 652. The van der Waals surface area contributed by atoms with E-state index in [4.69, 9.17) is 9.47 Å². The van der Waals surface area contributed by atoms with Gasteiger partial charge in [0.25, 0.3) is 5.91 Å². The fraction of sp³-hybridized carbons (Fsp3) is 0.529. The van der Waals surface area contributed by atoms with Gasteiger partial charge in [0.1, 0.15) is 18.0 Å². The van der Waals surface area contributed by atoms with Crippen molar-refractivity contribution in [1.82, 2.24) is 9.80 Å². The van der Waals surface area contributed by atoms with E-state index in [9.17, 15) is 14.0 Å². The molecule has 1 aromatic carbocycles. The molecule has 25 heavy (non-hydrogen) atoms. The summed E-state index contributed by atoms with van der Waals surface area (Å²) < 4.78 is 24.7. The van der Waals surface area contributed by atoms with Crippen molar-refractivity contribution in [2.24, 2.45) is 0 Å². The van der Waals surface area contributed by atoms with Gasteiger partial charge >= 0.3 is 6.03 Å². The summed E-state index contributed by atoms with van der Waals surface area (Å²) >= 11 is 0. The maximum atomic E-state index is 13.2. The second-order valence-corrected chi connectivity index (χ2v) is 6.58. The molecule has 7 nitrogen and oxygen atoms in total. The maximum absolute atomic E-state index is 13.2. The molecule has 0 N–H and O–H groups in total. The van der Waals surface area contributed by atoms with Crippen LogP contribution in [-0.4, -0.2) is 80.9 Å². The van der Waals surface area contributed by atoms with E-state index in [-0.39, 0.29) is 37.5 Å². The summed E-state index contributed by atoms with van der Waals surface area (Å²) in [5, 5.41) is 0. The third-order valence-corrected chi connectivity index (χ3v) is 4.39. The Morgan fingerprint density at radius 3 is 2.64 bits per heavy atom. The number of morpholine rings is 1. The minimum atomic E-state index is -0.801. The molecule has 0 unspecified atom stereocenters. The van der Waals surface area contributed by atoms with Crippen molar-refractivity contribution in [2.45, 2.75) is 5.60 Å². The molecule has 1 atom stereocenters. The predicted molar refractivity (Wildman–Crippen MR) is 88.9 cm³/mol. The molecule has 2 aliphatic rings. The Balaban J connectivity index is 1.83. The number of amides is 3. The first-order valence-electron chi connectivity index (χ1n) is 8.14. The van der Waals surface area contributed by atoms with E-state index < -0.39 is 5.60 Å². The van der Waals surface area contributed by atoms with Gasteiger partial charge in [-0.25, -0.2) is 9.18 Å². The average molecular weight is 351 g/mol. The first kappa shape index (κ1) is 17.6. The number of carbonyl (C=O) groups excluding carboxylic acids is 2. The molecular weight excluding hydrogens is 329 g/mol. The van der Waals surface area contributed by atoms with E-state index in [1.54, 1.807) is 36.0 Å². The van der Waals surface area contributed by atoms with E-state index in [1.165, 1.54) is 17.0 Å². The van der Waals surface area contributed by atoms with Crippen LogP contribution < -0.4 is 4.90 Å². The van der Waals surface area contributed by atoms with Crippen LogP contribution in [0.3, 0.4) is 0 Å². The zero-order valence-electron chi connectivity index (χ0n) is 14.4. The molecule has 0 aliphatic carbocycles. The number of rotatable bonds is 1. The van der Waals surface area contributed by atoms with E-state index in [2.05, 4.69) is 0 Å². The molecule has 2 aliphatic heterocycles. The molecule has 1 spiro atoms. The highest BCUT2D eigenvalue weighted by atomic mass is 19.1. The van der Waals surface area contributed by atoms with Gasteiger partial charge in [-0.1, -0.05) is 0 Å². The van der Waals surface area contributed by atoms with E-state index in [0.29, 0.717) is 25.4 Å². The van der Waals surface area contributed by atoms with Crippen molar-refractivity contribution in [3.8, 4) is 0 Å². The summed E-state index contributed by atoms with van der Waals surface area (Å²) in [6.45, 7) is 1.63. The SMILES string of the molecule is CN(C)C(=O)N1CCOC[C@]2(C1)CN(c1ccc(F)cc1)C(=O)CO2. The van der Waals surface area contributed by atoms with Gasteiger partial charge in [-0.3, -0.25) is 4.79 Å². The molecule has 0 saturated carbocycles. The van der Waals surface area contributed by atoms with Crippen LogP contribution in [0.25, 0.3) is 0 Å². The Morgan fingerprint density at radius 1 is 1.24 bits per heavy atom. The van der Waals surface area contributed by atoms with Crippen LogP contribution in [0, 0.1) is 5.82 Å². The Morgan fingerprint density at radius 2 is 1.96 bits per heavy atom. The molecule has 3 amide bonds. The third-order valence-electron chi connectivity index (χ3n) is 4.39. The molecule has 136 valence electrons. The molecule has 0 bridgehead atoms. The van der Waals surface area contributed by atoms with Crippen LogP contribution in [0.1, 0.15) is 0 Å². The standard InChI is InChI=1S/C17H22FN3O4/c1-19(2)16(23)20-7-8-24-12-17(10-20)11-21(15(22)9-25-17)14-5-3-13(18)4-6-14/h3-6H,7-12H2,1-2H3/t17-/m0/s1. The van der Waals surface area contributed by atoms with Crippen LogP contribution in [0.15, 0.2) is 24.3 Å². The lowest BCUT2D eigenvalue weighted by Gasteiger charge is -2.43. The summed E-state index contributed by atoms with van der Waals surface area (Å²) in [5.74, 6) is -0.563. The van der Waals surface area contributed by atoms with Gasteiger partial charge in [-0.2, -0.15) is 0 Å². The van der Waals surface area contributed by atoms with E-state index >= 15 is 0 Å². The number of ether oxygens (including phenoxy) is 2. The minimum absolute atomic E-state index is 0.106. The maximum Gasteiger partial charge on any atom is 0.319 e. The van der Waals surface area contributed by atoms with Crippen LogP contribution in [0.4, 0.5) is 14.9 Å². The lowest BCUT2D eigenvalue weighted by Crippen LogP contribution is -2.61. The van der Waals surface area contributed by atoms with Crippen molar-refractivity contribution >= 4 is 17.6 Å². The van der Waals surface area contributed by atoms with E-state index in [1.807, 2.05) is 0 Å². The second kappa shape index (κ2) is 6.97. The summed E-state index contributed by atoms with van der Waals surface area (Å²) in [5.41, 5.74) is -0.200. The normalized spacial score (nSPS) is 24.4. The topological polar surface area (TPSA) is 62.3 Å². The number of anilines is 1. The summed E-state index contributed by atoms with van der Waals surface area (Å²) in [6.07, 6.45) is 0. The monoisotopic (exact) mass is 351 g/mol. The number of hydrogen-bond donors (Lipinski definition) is 0. The number of hydrogen-bond acceptors (Lipinski definition) is 4. The lowest BCUT2D eigenvalue weighted by molar-refractivity contribution is -0.145. The van der Waals surface area contributed by atoms with Gasteiger partial charge in [-0.15, -0.1) is 0 Å². The Hall–Kier alpha value is -2.19. The van der Waals surface area contributed by atoms with Gasteiger partial charge in [0, 0.05) is 26.3 Å². The summed E-state index contributed by atoms with van der Waals surface area (Å²) in [6, 6.07) is 5.63. The Kier molecular flexibility index (Phi) is 4.91. The molecule has 2 heterocycles. The van der Waals surface area contributed by atoms with Crippen molar-refractivity contribution in [3.63, 3.8) is 0 Å². The van der Waals surface area contributed by atoms with Gasteiger partial charge in [0.2, 0.25) is 0 Å². The molecule has 2 saturated heterocycles. The molecule has 3 rings (SSSR count). The smallest absolute Gasteiger partial charge is 0.319 e. The van der Waals surface area contributed by atoms with Crippen LogP contribution in [0.2, 0.25) is 0 Å². The predicted octanol–water partition coefficient (Wildman–Crippen LogP) is 0.941. The second-order valence-electron chi connectivity index (χ2n) is 6.58. The summed E-state index contributed by atoms with van der Waals surface area (Å²) in [7, 11) is 3.38. The number of halogens is 1. The van der Waals surface area contributed by atoms with Crippen molar-refractivity contribution in [3.05, 3.63) is 30.1 Å². The molecule has 1 aromatic rings. The average Bonchev–Trinajstić information content (AvgIpc) is 2.80. The lowest BCUT2D eigenvalue weighted by atomic mass is 10.0. The van der Waals surface area contributed by atoms with E-state index in [0.717, 1.165) is 0 Å². The first-order chi connectivity index (χ1) is 11.9. The minimum Gasteiger partial charge on any atom is -0.376 e. The highest BCUT2D eigenvalue weighted by Gasteiger charge is 2.44. The fourth-order valence-corrected chi connectivity index (χ4v) is 3.11. The fourth-order valence-electron chi connectivity index (χ4n) is 3.11. The third kappa shape index (κ3) is 3.74. The van der Waals surface area contributed by atoms with Crippen LogP contribution in [0.5, 0.6) is 0 Å².